The minimum absolute atomic E-state index is 0.0150. The Bertz CT molecular complexity index is 1060. The van der Waals surface area contributed by atoms with Gasteiger partial charge in [0.05, 0.1) is 6.42 Å². The van der Waals surface area contributed by atoms with Gasteiger partial charge in [-0.05, 0) is 40.0 Å². The SMILES string of the molecule is CCCC(c1ccccc1)c1ccccc1C(CC(=O)O)Sc1nnnn1CCCC(=O)O. The Balaban J connectivity index is 1.94. The van der Waals surface area contributed by atoms with Crippen LogP contribution in [0.1, 0.15) is 66.9 Å². The molecule has 2 N–H and O–H groups in total. The molecule has 0 aliphatic heterocycles. The fraction of sp³-hybridized carbons (Fsp3) is 0.375. The summed E-state index contributed by atoms with van der Waals surface area (Å²) in [5, 5.41) is 30.4. The lowest BCUT2D eigenvalue weighted by molar-refractivity contribution is -0.138. The molecule has 0 bridgehead atoms. The van der Waals surface area contributed by atoms with E-state index in [1.54, 1.807) is 4.68 Å². The Morgan fingerprint density at radius 2 is 1.70 bits per heavy atom. The van der Waals surface area contributed by atoms with Gasteiger partial charge in [-0.2, -0.15) is 0 Å². The van der Waals surface area contributed by atoms with Crippen molar-refractivity contribution in [1.82, 2.24) is 20.2 Å². The minimum Gasteiger partial charge on any atom is -0.481 e. The first-order valence-electron chi connectivity index (χ1n) is 11.0. The van der Waals surface area contributed by atoms with Crippen LogP contribution in [-0.2, 0) is 16.1 Å². The Hall–Kier alpha value is -3.20. The third-order valence-corrected chi connectivity index (χ3v) is 6.57. The summed E-state index contributed by atoms with van der Waals surface area (Å²) in [5.74, 6) is -1.63. The molecule has 8 nitrogen and oxygen atoms in total. The van der Waals surface area contributed by atoms with Crippen LogP contribution in [0.15, 0.2) is 59.8 Å². The highest BCUT2D eigenvalue weighted by Crippen LogP contribution is 2.42. The Morgan fingerprint density at radius 1 is 1.00 bits per heavy atom. The lowest BCUT2D eigenvalue weighted by Gasteiger charge is -2.24. The van der Waals surface area contributed by atoms with Gasteiger partial charge in [0, 0.05) is 24.1 Å². The second-order valence-corrected chi connectivity index (χ2v) is 8.94. The molecule has 1 aromatic heterocycles. The van der Waals surface area contributed by atoms with Crippen LogP contribution in [0.4, 0.5) is 0 Å². The number of carboxylic acids is 2. The van der Waals surface area contributed by atoms with Crippen LogP contribution >= 0.6 is 11.8 Å². The molecule has 1 heterocycles. The summed E-state index contributed by atoms with van der Waals surface area (Å²) in [7, 11) is 0. The molecule has 0 saturated heterocycles. The molecule has 9 heteroatoms. The monoisotopic (exact) mass is 468 g/mol. The Kier molecular flexibility index (Phi) is 9.00. The number of aliphatic carboxylic acids is 2. The van der Waals surface area contributed by atoms with Gasteiger partial charge in [-0.25, -0.2) is 4.68 Å². The average molecular weight is 469 g/mol. The van der Waals surface area contributed by atoms with Crippen molar-refractivity contribution in [2.45, 2.75) is 61.9 Å². The van der Waals surface area contributed by atoms with E-state index in [2.05, 4.69) is 40.6 Å². The number of hydrogen-bond acceptors (Lipinski definition) is 6. The summed E-state index contributed by atoms with van der Waals surface area (Å²) < 4.78 is 1.55. The zero-order valence-corrected chi connectivity index (χ0v) is 19.3. The van der Waals surface area contributed by atoms with Crippen molar-refractivity contribution in [2.24, 2.45) is 0 Å². The first-order chi connectivity index (χ1) is 16.0. The molecule has 2 unspecified atom stereocenters. The van der Waals surface area contributed by atoms with Gasteiger partial charge >= 0.3 is 11.9 Å². The van der Waals surface area contributed by atoms with Crippen LogP contribution in [-0.4, -0.2) is 42.4 Å². The number of nitrogens with zero attached hydrogens (tertiary/aromatic N) is 4. The maximum absolute atomic E-state index is 11.8. The molecular weight excluding hydrogens is 440 g/mol. The summed E-state index contributed by atoms with van der Waals surface area (Å²) in [5.41, 5.74) is 3.26. The summed E-state index contributed by atoms with van der Waals surface area (Å²) in [6.07, 6.45) is 2.25. The van der Waals surface area contributed by atoms with E-state index in [1.807, 2.05) is 36.4 Å². The first-order valence-corrected chi connectivity index (χ1v) is 11.9. The van der Waals surface area contributed by atoms with Gasteiger partial charge in [-0.15, -0.1) is 5.10 Å². The Morgan fingerprint density at radius 3 is 2.36 bits per heavy atom. The van der Waals surface area contributed by atoms with Gasteiger partial charge in [0.1, 0.15) is 0 Å². The minimum atomic E-state index is -0.904. The Labute approximate surface area is 197 Å². The lowest BCUT2D eigenvalue weighted by atomic mass is 9.84. The highest BCUT2D eigenvalue weighted by Gasteiger charge is 2.26. The van der Waals surface area contributed by atoms with Crippen molar-refractivity contribution in [2.75, 3.05) is 0 Å². The molecule has 0 amide bonds. The molecule has 2 aromatic carbocycles. The van der Waals surface area contributed by atoms with E-state index >= 15 is 0 Å². The van der Waals surface area contributed by atoms with Crippen molar-refractivity contribution >= 4 is 23.7 Å². The molecule has 33 heavy (non-hydrogen) atoms. The van der Waals surface area contributed by atoms with Crippen LogP contribution in [0.2, 0.25) is 0 Å². The largest absolute Gasteiger partial charge is 0.481 e. The molecule has 0 saturated carbocycles. The highest BCUT2D eigenvalue weighted by molar-refractivity contribution is 7.99. The summed E-state index contributed by atoms with van der Waals surface area (Å²) in [6.45, 7) is 2.50. The zero-order chi connectivity index (χ0) is 23.6. The number of hydrogen-bond donors (Lipinski definition) is 2. The van der Waals surface area contributed by atoms with E-state index < -0.39 is 17.2 Å². The van der Waals surface area contributed by atoms with Gasteiger partial charge in [0.15, 0.2) is 0 Å². The fourth-order valence-electron chi connectivity index (χ4n) is 3.90. The van der Waals surface area contributed by atoms with Crippen molar-refractivity contribution < 1.29 is 19.8 Å². The fourth-order valence-corrected chi connectivity index (χ4v) is 5.05. The predicted octanol–water partition coefficient (Wildman–Crippen LogP) is 4.78. The average Bonchev–Trinajstić information content (AvgIpc) is 3.24. The van der Waals surface area contributed by atoms with E-state index in [0.29, 0.717) is 18.1 Å². The number of aromatic nitrogens is 4. The third kappa shape index (κ3) is 6.89. The van der Waals surface area contributed by atoms with Crippen LogP contribution in [0, 0.1) is 0 Å². The first kappa shape index (κ1) is 24.4. The number of rotatable bonds is 13. The molecule has 2 atom stereocenters. The van der Waals surface area contributed by atoms with Crippen molar-refractivity contribution in [1.29, 1.82) is 0 Å². The van der Waals surface area contributed by atoms with E-state index in [0.717, 1.165) is 24.0 Å². The molecule has 0 radical (unpaired) electrons. The van der Waals surface area contributed by atoms with Gasteiger partial charge in [0.2, 0.25) is 5.16 Å². The number of carbonyl (C=O) groups is 2. The topological polar surface area (TPSA) is 118 Å². The molecule has 0 fully saturated rings. The molecule has 0 aliphatic rings. The standard InChI is InChI=1S/C24H28N4O4S/c1-2-9-18(17-10-4-3-5-11-17)19-12-6-7-13-20(19)21(16-23(31)32)33-24-25-26-27-28(24)15-8-14-22(29)30/h3-7,10-13,18,21H,2,8-9,14-16H2,1H3,(H,29,30)(H,31,32). The van der Waals surface area contributed by atoms with E-state index in [-0.39, 0.29) is 18.8 Å². The maximum Gasteiger partial charge on any atom is 0.304 e. The van der Waals surface area contributed by atoms with Gasteiger partial charge in [0.25, 0.3) is 0 Å². The quantitative estimate of drug-likeness (QED) is 0.344. The summed E-state index contributed by atoms with van der Waals surface area (Å²) >= 11 is 1.31. The molecule has 174 valence electrons. The van der Waals surface area contributed by atoms with E-state index in [9.17, 15) is 14.7 Å². The summed E-state index contributed by atoms with van der Waals surface area (Å²) in [4.78, 5) is 22.6. The van der Waals surface area contributed by atoms with Crippen molar-refractivity contribution in [3.8, 4) is 0 Å². The third-order valence-electron chi connectivity index (χ3n) is 5.36. The number of benzene rings is 2. The van der Waals surface area contributed by atoms with E-state index in [4.69, 9.17) is 5.11 Å². The molecule has 0 aliphatic carbocycles. The van der Waals surface area contributed by atoms with Crippen LogP contribution in [0.25, 0.3) is 0 Å². The lowest BCUT2D eigenvalue weighted by Crippen LogP contribution is -2.11. The molecular formula is C24H28N4O4S. The van der Waals surface area contributed by atoms with Crippen molar-refractivity contribution in [3.05, 3.63) is 71.3 Å². The van der Waals surface area contributed by atoms with E-state index in [1.165, 1.54) is 17.3 Å². The van der Waals surface area contributed by atoms with Crippen LogP contribution in [0.3, 0.4) is 0 Å². The zero-order valence-electron chi connectivity index (χ0n) is 18.5. The maximum atomic E-state index is 11.8. The van der Waals surface area contributed by atoms with Crippen molar-refractivity contribution in [3.63, 3.8) is 0 Å². The van der Waals surface area contributed by atoms with Crippen LogP contribution in [0.5, 0.6) is 0 Å². The molecule has 3 aromatic rings. The second-order valence-electron chi connectivity index (χ2n) is 7.77. The number of aryl methyl sites for hydroxylation is 1. The molecule has 3 rings (SSSR count). The number of carboxylic acid groups (broad SMARTS) is 2. The predicted molar refractivity (Wildman–Crippen MR) is 125 cm³/mol. The van der Waals surface area contributed by atoms with Crippen LogP contribution < -0.4 is 0 Å². The normalized spacial score (nSPS) is 12.9. The van der Waals surface area contributed by atoms with Gasteiger partial charge in [-0.3, -0.25) is 9.59 Å². The second kappa shape index (κ2) is 12.2. The smallest absolute Gasteiger partial charge is 0.304 e. The van der Waals surface area contributed by atoms with Gasteiger partial charge < -0.3 is 10.2 Å². The summed E-state index contributed by atoms with van der Waals surface area (Å²) in [6, 6.07) is 18.2. The van der Waals surface area contributed by atoms with Gasteiger partial charge in [-0.1, -0.05) is 79.7 Å². The number of thioether (sulfide) groups is 1. The molecule has 0 spiro atoms. The number of tetrazole rings is 1. The highest BCUT2D eigenvalue weighted by atomic mass is 32.2.